The monoisotopic (exact) mass is 999 g/mol. The van der Waals surface area contributed by atoms with Crippen LogP contribution in [0.15, 0.2) is 109 Å². The number of carbonyl (C=O) groups excluding carboxylic acids is 4. The van der Waals surface area contributed by atoms with Gasteiger partial charge >= 0.3 is 11.9 Å². The molecule has 2 aliphatic carbocycles. The molecule has 0 bridgehead atoms. The van der Waals surface area contributed by atoms with Crippen molar-refractivity contribution in [3.8, 4) is 11.5 Å². The molecule has 12 nitrogen and oxygen atoms in total. The molecule has 0 atom stereocenters. The smallest absolute Gasteiger partial charge is 0.314 e. The minimum Gasteiger partial charge on any atom is -0.426 e. The Bertz CT molecular complexity index is 2350. The van der Waals surface area contributed by atoms with E-state index in [0.717, 1.165) is 70.7 Å². The van der Waals surface area contributed by atoms with E-state index in [0.29, 0.717) is 58.0 Å². The number of unbranched alkanes of at least 4 members (excludes halogenated alkanes) is 6. The van der Waals surface area contributed by atoms with E-state index in [-0.39, 0.29) is 48.8 Å². The van der Waals surface area contributed by atoms with Crippen LogP contribution in [0.25, 0.3) is 12.2 Å². The van der Waals surface area contributed by atoms with Crippen molar-refractivity contribution < 1.29 is 48.3 Å². The molecule has 2 fully saturated rings. The number of esters is 2. The molecule has 73 heavy (non-hydrogen) atoms. The van der Waals surface area contributed by atoms with Gasteiger partial charge in [0.05, 0.1) is 24.0 Å². The molecule has 0 spiro atoms. The Kier molecular flexibility index (Phi) is 22.0. The Balaban J connectivity index is 1.11. The van der Waals surface area contributed by atoms with Crippen LogP contribution < -0.4 is 20.9 Å². The lowest BCUT2D eigenvalue weighted by atomic mass is 9.65. The molecule has 0 heterocycles. The van der Waals surface area contributed by atoms with E-state index in [4.69, 9.17) is 30.4 Å². The summed E-state index contributed by atoms with van der Waals surface area (Å²) in [6.07, 6.45) is 20.7. The summed E-state index contributed by atoms with van der Waals surface area (Å²) in [5.74, 6) is -4.76. The minimum atomic E-state index is -3.07. The largest absolute Gasteiger partial charge is 0.426 e. The van der Waals surface area contributed by atoms with Gasteiger partial charge in [-0.1, -0.05) is 113 Å². The van der Waals surface area contributed by atoms with Gasteiger partial charge in [-0.05, 0) is 160 Å². The van der Waals surface area contributed by atoms with Crippen LogP contribution >= 0.6 is 0 Å². The van der Waals surface area contributed by atoms with E-state index in [9.17, 15) is 29.4 Å². The number of nitrogen functional groups attached to an aromatic ring is 2. The van der Waals surface area contributed by atoms with E-state index in [1.54, 1.807) is 103 Å². The van der Waals surface area contributed by atoms with Crippen LogP contribution in [0.5, 0.6) is 11.5 Å². The van der Waals surface area contributed by atoms with Crippen LogP contribution in [0.3, 0.4) is 0 Å². The standard InChI is InChI=1S/C61H78N2O10/c1-3-5-7-9-39-70-53-34-21-48(22-35-53)58(66)72-55-30-16-44(17-31-55)15-29-52(64)43-60(41-46-11-25-50(62)26-12-46,42-47-13-27-51(63)28-14-47)61(68,69)57(65)38-20-45-18-32-56(33-19-45)73-59(67)49-23-36-54(37-24-49)71-40-10-8-6-4-2/h11-20,25-33,38,48-49,53-54,68-69H,3-10,21-24,34-37,39-43,62-63H2,1-2H3/b29-15+,38-20+. The lowest BCUT2D eigenvalue weighted by Crippen LogP contribution is -2.57. The van der Waals surface area contributed by atoms with Gasteiger partial charge in [0.15, 0.2) is 5.78 Å². The topological polar surface area (TPSA) is 198 Å². The highest BCUT2D eigenvalue weighted by molar-refractivity contribution is 6.01. The summed E-state index contributed by atoms with van der Waals surface area (Å²) >= 11 is 0. The van der Waals surface area contributed by atoms with Gasteiger partial charge in [-0.15, -0.1) is 0 Å². The molecular formula is C61H78N2O10. The van der Waals surface area contributed by atoms with E-state index in [1.807, 2.05) is 0 Å². The first kappa shape index (κ1) is 56.4. The molecule has 0 saturated heterocycles. The zero-order valence-electron chi connectivity index (χ0n) is 43.0. The van der Waals surface area contributed by atoms with E-state index >= 15 is 0 Å². The third kappa shape index (κ3) is 17.6. The first-order valence-electron chi connectivity index (χ1n) is 26.7. The summed E-state index contributed by atoms with van der Waals surface area (Å²) in [6, 6.07) is 27.1. The third-order valence-electron chi connectivity index (χ3n) is 14.4. The maximum absolute atomic E-state index is 14.3. The average Bonchev–Trinajstić information content (AvgIpc) is 3.39. The predicted octanol–water partition coefficient (Wildman–Crippen LogP) is 11.4. The number of hydrogen-bond acceptors (Lipinski definition) is 12. The first-order chi connectivity index (χ1) is 35.2. The van der Waals surface area contributed by atoms with Gasteiger partial charge in [-0.3, -0.25) is 19.2 Å². The van der Waals surface area contributed by atoms with Crippen LogP contribution in [0.2, 0.25) is 0 Å². The van der Waals surface area contributed by atoms with Crippen molar-refractivity contribution in [3.63, 3.8) is 0 Å². The quantitative estimate of drug-likeness (QED) is 0.0105. The molecule has 6 rings (SSSR count). The predicted molar refractivity (Wildman–Crippen MR) is 287 cm³/mol. The molecule has 4 aromatic carbocycles. The van der Waals surface area contributed by atoms with Crippen LogP contribution in [0.1, 0.15) is 145 Å². The highest BCUT2D eigenvalue weighted by atomic mass is 16.5. The Morgan fingerprint density at radius 3 is 1.33 bits per heavy atom. The van der Waals surface area contributed by atoms with Crippen molar-refractivity contribution >= 4 is 47.0 Å². The normalized spacial score (nSPS) is 18.5. The average molecular weight is 999 g/mol. The van der Waals surface area contributed by atoms with Crippen LogP contribution in [0.4, 0.5) is 11.4 Å². The van der Waals surface area contributed by atoms with Gasteiger partial charge in [0.2, 0.25) is 11.6 Å². The lowest BCUT2D eigenvalue weighted by Gasteiger charge is -2.42. The summed E-state index contributed by atoms with van der Waals surface area (Å²) in [5.41, 5.74) is 13.7. The number of allylic oxidation sites excluding steroid dienone is 1. The number of hydrogen-bond donors (Lipinski definition) is 4. The Morgan fingerprint density at radius 1 is 0.534 bits per heavy atom. The van der Waals surface area contributed by atoms with Crippen molar-refractivity contribution in [1.82, 2.24) is 0 Å². The van der Waals surface area contributed by atoms with E-state index in [1.165, 1.54) is 50.7 Å². The SMILES string of the molecule is CCCCCCOC1CCC(C(=O)Oc2ccc(/C=C/C(=O)CC(Cc3ccc(N)cc3)(Cc3ccc(N)cc3)C(O)(O)C(=O)/C=C/c3ccc(OC(=O)C4CCC(OCCCCCC)CC4)cc3)cc2)CC1. The zero-order chi connectivity index (χ0) is 52.1. The molecule has 0 radical (unpaired) electrons. The zero-order valence-corrected chi connectivity index (χ0v) is 43.0. The minimum absolute atomic E-state index is 0.0919. The van der Waals surface area contributed by atoms with Gasteiger partial charge in [0, 0.05) is 36.4 Å². The fraction of sp³-hybridized carbons (Fsp3) is 0.475. The maximum Gasteiger partial charge on any atom is 0.314 e. The van der Waals surface area contributed by atoms with Crippen molar-refractivity contribution in [1.29, 1.82) is 0 Å². The molecule has 0 aliphatic heterocycles. The Morgan fingerprint density at radius 2 is 0.932 bits per heavy atom. The van der Waals surface area contributed by atoms with E-state index in [2.05, 4.69) is 13.8 Å². The molecule has 2 saturated carbocycles. The molecule has 392 valence electrons. The molecule has 6 N–H and O–H groups in total. The van der Waals surface area contributed by atoms with Gasteiger partial charge in [-0.25, -0.2) is 0 Å². The van der Waals surface area contributed by atoms with Crippen molar-refractivity contribution in [3.05, 3.63) is 131 Å². The fourth-order valence-corrected chi connectivity index (χ4v) is 9.92. The summed E-state index contributed by atoms with van der Waals surface area (Å²) in [5, 5.41) is 24.6. The second-order valence-corrected chi connectivity index (χ2v) is 20.3. The molecule has 0 amide bonds. The summed E-state index contributed by atoms with van der Waals surface area (Å²) in [4.78, 5) is 54.6. The molecular weight excluding hydrogens is 921 g/mol. The van der Waals surface area contributed by atoms with Gasteiger partial charge in [0.25, 0.3) is 0 Å². The lowest BCUT2D eigenvalue weighted by molar-refractivity contribution is -0.230. The summed E-state index contributed by atoms with van der Waals surface area (Å²) in [6.45, 7) is 5.90. The maximum atomic E-state index is 14.3. The number of carbonyl (C=O) groups is 4. The van der Waals surface area contributed by atoms with Crippen LogP contribution in [0, 0.1) is 17.3 Å². The Hall–Kier alpha value is -5.92. The van der Waals surface area contributed by atoms with Crippen molar-refractivity contribution in [2.75, 3.05) is 24.7 Å². The fourth-order valence-electron chi connectivity index (χ4n) is 9.92. The molecule has 0 unspecified atom stereocenters. The van der Waals surface area contributed by atoms with Gasteiger partial charge < -0.3 is 40.6 Å². The van der Waals surface area contributed by atoms with Crippen molar-refractivity contribution in [2.45, 2.75) is 154 Å². The van der Waals surface area contributed by atoms with Gasteiger partial charge in [0.1, 0.15) is 11.5 Å². The number of aliphatic hydroxyl groups is 2. The highest BCUT2D eigenvalue weighted by Gasteiger charge is 2.54. The number of benzene rings is 4. The van der Waals surface area contributed by atoms with Crippen LogP contribution in [-0.2, 0) is 41.5 Å². The molecule has 2 aliphatic rings. The van der Waals surface area contributed by atoms with E-state index < -0.39 is 29.2 Å². The van der Waals surface area contributed by atoms with Crippen molar-refractivity contribution in [2.24, 2.45) is 17.3 Å². The third-order valence-corrected chi connectivity index (χ3v) is 14.4. The summed E-state index contributed by atoms with van der Waals surface area (Å²) < 4.78 is 23.6. The second-order valence-electron chi connectivity index (χ2n) is 20.3. The number of nitrogens with two attached hydrogens (primary N) is 2. The number of rotatable bonds is 28. The molecule has 4 aromatic rings. The molecule has 12 heteroatoms. The highest BCUT2D eigenvalue weighted by Crippen LogP contribution is 2.43. The number of anilines is 2. The summed E-state index contributed by atoms with van der Waals surface area (Å²) in [7, 11) is 0. The second kappa shape index (κ2) is 28.5. The Labute approximate surface area is 432 Å². The molecule has 0 aromatic heterocycles. The van der Waals surface area contributed by atoms with Gasteiger partial charge in [-0.2, -0.15) is 0 Å². The van der Waals surface area contributed by atoms with Crippen LogP contribution in [-0.4, -0.2) is 64.9 Å². The number of ether oxygens (including phenoxy) is 4. The number of ketones is 2. The first-order valence-corrected chi connectivity index (χ1v) is 26.7.